The number of rotatable bonds is 8. The van der Waals surface area contributed by atoms with Gasteiger partial charge in [-0.3, -0.25) is 4.79 Å². The highest BCUT2D eigenvalue weighted by molar-refractivity contribution is 5.77. The van der Waals surface area contributed by atoms with Crippen molar-refractivity contribution in [2.75, 3.05) is 27.0 Å². The molecule has 0 saturated heterocycles. The van der Waals surface area contributed by atoms with Gasteiger partial charge < -0.3 is 23.6 Å². The number of nitrogens with zero attached hydrogens (tertiary/aromatic N) is 2. The summed E-state index contributed by atoms with van der Waals surface area (Å²) in [6.45, 7) is 3.33. The van der Waals surface area contributed by atoms with Gasteiger partial charge in [-0.1, -0.05) is 18.5 Å². The highest BCUT2D eigenvalue weighted by Gasteiger charge is 2.16. The Morgan fingerprint density at radius 1 is 1.28 bits per heavy atom. The zero-order chi connectivity index (χ0) is 17.6. The summed E-state index contributed by atoms with van der Waals surface area (Å²) in [4.78, 5) is 13.6. The van der Waals surface area contributed by atoms with Crippen molar-refractivity contribution in [2.45, 2.75) is 26.4 Å². The lowest BCUT2D eigenvalue weighted by Crippen LogP contribution is -2.31. The molecule has 0 spiro atoms. The number of fused-ring (bicyclic) bond motifs is 1. The van der Waals surface area contributed by atoms with Crippen molar-refractivity contribution in [3.63, 3.8) is 0 Å². The third-order valence-corrected chi connectivity index (χ3v) is 3.96. The standard InChI is InChI=1S/C18H22N2O5/c1-3-4-7-20(2)18(21)11-22-10-14-9-16(25-19-14)13-5-6-15-17(8-13)24-12-23-15/h5-6,8-9H,3-4,7,10-12H2,1-2H3. The number of carbonyl (C=O) groups is 1. The van der Waals surface area contributed by atoms with Crippen LogP contribution in [0, 0.1) is 0 Å². The second kappa shape index (κ2) is 8.02. The van der Waals surface area contributed by atoms with Crippen LogP contribution in [0.15, 0.2) is 28.8 Å². The van der Waals surface area contributed by atoms with Crippen LogP contribution in [0.4, 0.5) is 0 Å². The third kappa shape index (κ3) is 4.30. The largest absolute Gasteiger partial charge is 0.454 e. The van der Waals surface area contributed by atoms with E-state index >= 15 is 0 Å². The van der Waals surface area contributed by atoms with E-state index in [0.29, 0.717) is 17.2 Å². The smallest absolute Gasteiger partial charge is 0.248 e. The average Bonchev–Trinajstić information content (AvgIpc) is 3.27. The summed E-state index contributed by atoms with van der Waals surface area (Å²) >= 11 is 0. The van der Waals surface area contributed by atoms with Gasteiger partial charge >= 0.3 is 0 Å². The Bertz CT molecular complexity index is 728. The maximum Gasteiger partial charge on any atom is 0.248 e. The summed E-state index contributed by atoms with van der Waals surface area (Å²) in [5.74, 6) is 1.99. The quantitative estimate of drug-likeness (QED) is 0.732. The Balaban J connectivity index is 1.51. The van der Waals surface area contributed by atoms with Gasteiger partial charge in [-0.05, 0) is 24.6 Å². The molecule has 3 rings (SSSR count). The molecular weight excluding hydrogens is 324 g/mol. The number of aromatic nitrogens is 1. The highest BCUT2D eigenvalue weighted by atomic mass is 16.7. The van der Waals surface area contributed by atoms with E-state index in [1.54, 1.807) is 18.0 Å². The molecule has 7 nitrogen and oxygen atoms in total. The lowest BCUT2D eigenvalue weighted by atomic mass is 10.1. The van der Waals surface area contributed by atoms with Crippen LogP contribution in [-0.4, -0.2) is 43.0 Å². The molecule has 25 heavy (non-hydrogen) atoms. The lowest BCUT2D eigenvalue weighted by molar-refractivity contribution is -0.135. The summed E-state index contributed by atoms with van der Waals surface area (Å²) in [5.41, 5.74) is 1.48. The second-order valence-electron chi connectivity index (χ2n) is 5.91. The zero-order valence-electron chi connectivity index (χ0n) is 14.5. The number of carbonyl (C=O) groups excluding carboxylic acids is 1. The van der Waals surface area contributed by atoms with Crippen LogP contribution in [0.1, 0.15) is 25.5 Å². The summed E-state index contributed by atoms with van der Waals surface area (Å²) in [5, 5.41) is 3.98. The van der Waals surface area contributed by atoms with Crippen molar-refractivity contribution in [3.8, 4) is 22.8 Å². The van der Waals surface area contributed by atoms with Crippen molar-refractivity contribution in [1.29, 1.82) is 0 Å². The van der Waals surface area contributed by atoms with Crippen LogP contribution in [0.5, 0.6) is 11.5 Å². The molecule has 134 valence electrons. The Morgan fingerprint density at radius 2 is 2.12 bits per heavy atom. The van der Waals surface area contributed by atoms with E-state index in [2.05, 4.69) is 12.1 Å². The molecule has 1 amide bonds. The Hall–Kier alpha value is -2.54. The first kappa shape index (κ1) is 17.3. The second-order valence-corrected chi connectivity index (χ2v) is 5.91. The minimum absolute atomic E-state index is 0.0342. The van der Waals surface area contributed by atoms with Crippen LogP contribution in [0.3, 0.4) is 0 Å². The fourth-order valence-electron chi connectivity index (χ4n) is 2.44. The van der Waals surface area contributed by atoms with Crippen LogP contribution >= 0.6 is 0 Å². The summed E-state index contributed by atoms with van der Waals surface area (Å²) in [6.07, 6.45) is 2.05. The summed E-state index contributed by atoms with van der Waals surface area (Å²) in [7, 11) is 1.79. The van der Waals surface area contributed by atoms with E-state index in [9.17, 15) is 4.79 Å². The van der Waals surface area contributed by atoms with Crippen molar-refractivity contribution < 1.29 is 23.5 Å². The van der Waals surface area contributed by atoms with Gasteiger partial charge in [-0.15, -0.1) is 0 Å². The number of likely N-dealkylation sites (N-methyl/N-ethyl adjacent to an activating group) is 1. The van der Waals surface area contributed by atoms with E-state index in [-0.39, 0.29) is 25.9 Å². The van der Waals surface area contributed by atoms with Crippen molar-refractivity contribution in [3.05, 3.63) is 30.0 Å². The van der Waals surface area contributed by atoms with Crippen molar-refractivity contribution >= 4 is 5.91 Å². The molecule has 0 radical (unpaired) electrons. The number of ether oxygens (including phenoxy) is 3. The molecule has 0 saturated carbocycles. The monoisotopic (exact) mass is 346 g/mol. The molecule has 1 aliphatic heterocycles. The Kier molecular flexibility index (Phi) is 5.55. The third-order valence-electron chi connectivity index (χ3n) is 3.96. The Morgan fingerprint density at radius 3 is 2.96 bits per heavy atom. The predicted octanol–water partition coefficient (Wildman–Crippen LogP) is 2.85. The van der Waals surface area contributed by atoms with E-state index in [1.165, 1.54) is 0 Å². The lowest BCUT2D eigenvalue weighted by Gasteiger charge is -2.16. The fourth-order valence-corrected chi connectivity index (χ4v) is 2.44. The average molecular weight is 346 g/mol. The van der Waals surface area contributed by atoms with Gasteiger partial charge in [-0.2, -0.15) is 0 Å². The molecule has 0 unspecified atom stereocenters. The van der Waals surface area contributed by atoms with E-state index < -0.39 is 0 Å². The molecule has 0 N–H and O–H groups in total. The maximum absolute atomic E-state index is 11.9. The van der Waals surface area contributed by atoms with Gasteiger partial charge in [0.15, 0.2) is 17.3 Å². The SMILES string of the molecule is CCCCN(C)C(=O)COCc1cc(-c2ccc3c(c2)OCO3)on1. The van der Waals surface area contributed by atoms with Gasteiger partial charge in [-0.25, -0.2) is 0 Å². The van der Waals surface area contributed by atoms with Gasteiger partial charge in [0.05, 0.1) is 6.61 Å². The first-order valence-corrected chi connectivity index (χ1v) is 8.34. The van der Waals surface area contributed by atoms with Crippen molar-refractivity contribution in [1.82, 2.24) is 10.1 Å². The molecule has 1 aromatic carbocycles. The number of amides is 1. The minimum Gasteiger partial charge on any atom is -0.454 e. The fraction of sp³-hybridized carbons (Fsp3) is 0.444. The number of hydrogen-bond donors (Lipinski definition) is 0. The normalized spacial score (nSPS) is 12.4. The topological polar surface area (TPSA) is 74.0 Å². The van der Waals surface area contributed by atoms with Crippen LogP contribution in [0.25, 0.3) is 11.3 Å². The van der Waals surface area contributed by atoms with Gasteiger partial charge in [0.25, 0.3) is 0 Å². The predicted molar refractivity (Wildman–Crippen MR) is 90.3 cm³/mol. The number of benzene rings is 1. The van der Waals surface area contributed by atoms with Gasteiger partial charge in [0.2, 0.25) is 12.7 Å². The summed E-state index contributed by atoms with van der Waals surface area (Å²) < 4.78 is 21.4. The summed E-state index contributed by atoms with van der Waals surface area (Å²) in [6, 6.07) is 7.36. The minimum atomic E-state index is -0.0343. The van der Waals surface area contributed by atoms with Gasteiger partial charge in [0.1, 0.15) is 12.3 Å². The molecule has 1 aliphatic rings. The van der Waals surface area contributed by atoms with E-state index in [0.717, 1.165) is 30.7 Å². The van der Waals surface area contributed by atoms with Crippen LogP contribution in [0.2, 0.25) is 0 Å². The van der Waals surface area contributed by atoms with Crippen molar-refractivity contribution in [2.24, 2.45) is 0 Å². The zero-order valence-corrected chi connectivity index (χ0v) is 14.5. The molecule has 0 aliphatic carbocycles. The van der Waals surface area contributed by atoms with E-state index in [1.807, 2.05) is 18.2 Å². The van der Waals surface area contributed by atoms with E-state index in [4.69, 9.17) is 18.7 Å². The molecule has 0 fully saturated rings. The molecule has 0 atom stereocenters. The highest BCUT2D eigenvalue weighted by Crippen LogP contribution is 2.36. The molecule has 2 heterocycles. The van der Waals surface area contributed by atoms with Crippen LogP contribution in [-0.2, 0) is 16.1 Å². The molecule has 0 bridgehead atoms. The van der Waals surface area contributed by atoms with Gasteiger partial charge in [0, 0.05) is 25.2 Å². The number of unbranched alkanes of at least 4 members (excludes halogenated alkanes) is 1. The van der Waals surface area contributed by atoms with Crippen LogP contribution < -0.4 is 9.47 Å². The molecule has 7 heteroatoms. The maximum atomic E-state index is 11.9. The molecule has 2 aromatic rings. The first-order chi connectivity index (χ1) is 12.2. The Labute approximate surface area is 146 Å². The molecule has 1 aromatic heterocycles. The first-order valence-electron chi connectivity index (χ1n) is 8.34. The number of hydrogen-bond acceptors (Lipinski definition) is 6. The molecular formula is C18H22N2O5.